The normalized spacial score (nSPS) is 37.7. The van der Waals surface area contributed by atoms with Crippen LogP contribution in [0.3, 0.4) is 0 Å². The van der Waals surface area contributed by atoms with Gasteiger partial charge < -0.3 is 15.2 Å². The summed E-state index contributed by atoms with van der Waals surface area (Å²) in [7, 11) is 0. The van der Waals surface area contributed by atoms with Crippen molar-refractivity contribution in [3.8, 4) is 0 Å². The van der Waals surface area contributed by atoms with E-state index in [1.54, 1.807) is 0 Å². The van der Waals surface area contributed by atoms with Gasteiger partial charge in [0.15, 0.2) is 0 Å². The monoisotopic (exact) mass is 269 g/mol. The summed E-state index contributed by atoms with van der Waals surface area (Å²) in [6.45, 7) is 4.62. The van der Waals surface area contributed by atoms with Crippen LogP contribution in [0.25, 0.3) is 0 Å². The molecule has 0 aliphatic heterocycles. The minimum atomic E-state index is -1.05. The highest BCUT2D eigenvalue weighted by atomic mass is 16.5. The van der Waals surface area contributed by atoms with Crippen LogP contribution in [-0.4, -0.2) is 35.2 Å². The molecule has 19 heavy (non-hydrogen) atoms. The van der Waals surface area contributed by atoms with Gasteiger partial charge in [-0.15, -0.1) is 0 Å². The zero-order valence-corrected chi connectivity index (χ0v) is 11.6. The first-order chi connectivity index (χ1) is 8.98. The Kier molecular flexibility index (Phi) is 4.13. The van der Waals surface area contributed by atoms with Crippen molar-refractivity contribution in [2.75, 3.05) is 6.61 Å². The van der Waals surface area contributed by atoms with Crippen molar-refractivity contribution in [2.24, 2.45) is 11.8 Å². The molecule has 2 unspecified atom stereocenters. The molecule has 5 heteroatoms. The number of aliphatic carboxylic acids is 1. The predicted octanol–water partition coefficient (Wildman–Crippen LogP) is 1.56. The third-order valence-electron chi connectivity index (χ3n) is 4.35. The molecule has 2 rings (SSSR count). The summed E-state index contributed by atoms with van der Waals surface area (Å²) in [5, 5.41) is 12.2. The summed E-state index contributed by atoms with van der Waals surface area (Å²) in [5.74, 6) is -0.672. The number of hydrogen-bond acceptors (Lipinski definition) is 3. The largest absolute Gasteiger partial charge is 0.480 e. The van der Waals surface area contributed by atoms with Crippen LogP contribution in [0.15, 0.2) is 0 Å². The predicted molar refractivity (Wildman–Crippen MR) is 69.7 cm³/mol. The minimum Gasteiger partial charge on any atom is -0.480 e. The first kappa shape index (κ1) is 14.3. The topological polar surface area (TPSA) is 75.6 Å². The van der Waals surface area contributed by atoms with E-state index in [4.69, 9.17) is 4.74 Å². The molecule has 0 radical (unpaired) electrons. The van der Waals surface area contributed by atoms with Crippen molar-refractivity contribution in [3.63, 3.8) is 0 Å². The van der Waals surface area contributed by atoms with Crippen LogP contribution in [0.1, 0.15) is 46.0 Å². The van der Waals surface area contributed by atoms with Crippen LogP contribution in [0.4, 0.5) is 0 Å². The van der Waals surface area contributed by atoms with E-state index in [2.05, 4.69) is 12.2 Å². The molecule has 2 aliphatic carbocycles. The van der Waals surface area contributed by atoms with E-state index in [0.717, 1.165) is 12.8 Å². The zero-order chi connectivity index (χ0) is 14.0. The number of nitrogens with one attached hydrogen (secondary N) is 1. The number of ether oxygens (including phenoxy) is 1. The molecule has 2 saturated carbocycles. The Morgan fingerprint density at radius 1 is 1.37 bits per heavy atom. The highest BCUT2D eigenvalue weighted by Crippen LogP contribution is 2.37. The van der Waals surface area contributed by atoms with Crippen LogP contribution in [0, 0.1) is 11.8 Å². The summed E-state index contributed by atoms with van der Waals surface area (Å²) in [6.07, 6.45) is 3.46. The van der Waals surface area contributed by atoms with Crippen LogP contribution < -0.4 is 5.32 Å². The standard InChI is InChI=1S/C14H23NO4/c1-3-19-11-8-10(11)12(16)15-14(13(17)18)6-4-9(2)5-7-14/h9-11H,3-8H2,1-2H3,(H,15,16)(H,17,18). The fourth-order valence-corrected chi connectivity index (χ4v) is 2.82. The average molecular weight is 269 g/mol. The van der Waals surface area contributed by atoms with Crippen molar-refractivity contribution in [1.82, 2.24) is 5.32 Å². The Labute approximate surface area is 113 Å². The third kappa shape index (κ3) is 3.08. The van der Waals surface area contributed by atoms with Crippen LogP contribution in [-0.2, 0) is 14.3 Å². The van der Waals surface area contributed by atoms with E-state index in [9.17, 15) is 14.7 Å². The SMILES string of the molecule is CCOC1CC1C(=O)NC1(C(=O)O)CCC(C)CC1. The zero-order valence-electron chi connectivity index (χ0n) is 11.6. The molecule has 2 N–H and O–H groups in total. The molecular weight excluding hydrogens is 246 g/mol. The second-order valence-corrected chi connectivity index (χ2v) is 5.90. The highest BCUT2D eigenvalue weighted by Gasteiger charge is 2.49. The lowest BCUT2D eigenvalue weighted by Gasteiger charge is -2.36. The van der Waals surface area contributed by atoms with E-state index in [1.807, 2.05) is 6.92 Å². The fourth-order valence-electron chi connectivity index (χ4n) is 2.82. The van der Waals surface area contributed by atoms with Crippen molar-refractivity contribution >= 4 is 11.9 Å². The summed E-state index contributed by atoms with van der Waals surface area (Å²) < 4.78 is 5.38. The number of carboxylic acids is 1. The first-order valence-corrected chi connectivity index (χ1v) is 7.15. The highest BCUT2D eigenvalue weighted by molar-refractivity contribution is 5.89. The van der Waals surface area contributed by atoms with Gasteiger partial charge in [0.2, 0.25) is 5.91 Å². The van der Waals surface area contributed by atoms with Gasteiger partial charge in [0.1, 0.15) is 5.54 Å². The smallest absolute Gasteiger partial charge is 0.329 e. The lowest BCUT2D eigenvalue weighted by Crippen LogP contribution is -2.56. The molecule has 5 nitrogen and oxygen atoms in total. The van der Waals surface area contributed by atoms with Crippen molar-refractivity contribution in [3.05, 3.63) is 0 Å². The van der Waals surface area contributed by atoms with Gasteiger partial charge in [0.25, 0.3) is 0 Å². The average Bonchev–Trinajstić information content (AvgIpc) is 3.12. The molecule has 0 aromatic carbocycles. The van der Waals surface area contributed by atoms with Gasteiger partial charge in [-0.05, 0) is 44.9 Å². The molecule has 0 heterocycles. The number of carbonyl (C=O) groups is 2. The number of amides is 1. The number of carbonyl (C=O) groups excluding carboxylic acids is 1. The molecular formula is C14H23NO4. The van der Waals surface area contributed by atoms with Crippen LogP contribution in [0.5, 0.6) is 0 Å². The van der Waals surface area contributed by atoms with Gasteiger partial charge in [0, 0.05) is 6.61 Å². The summed E-state index contributed by atoms with van der Waals surface area (Å²) in [4.78, 5) is 23.6. The van der Waals surface area contributed by atoms with Crippen molar-refractivity contribution in [1.29, 1.82) is 0 Å². The van der Waals surface area contributed by atoms with E-state index >= 15 is 0 Å². The van der Waals surface area contributed by atoms with E-state index in [-0.39, 0.29) is 17.9 Å². The van der Waals surface area contributed by atoms with E-state index in [1.165, 1.54) is 0 Å². The molecule has 108 valence electrons. The Hall–Kier alpha value is -1.10. The first-order valence-electron chi connectivity index (χ1n) is 7.15. The number of carboxylic acid groups (broad SMARTS) is 1. The van der Waals surface area contributed by atoms with Crippen molar-refractivity contribution < 1.29 is 19.4 Å². The Bertz CT molecular complexity index is 360. The molecule has 0 saturated heterocycles. The Morgan fingerprint density at radius 2 is 2.00 bits per heavy atom. The maximum atomic E-state index is 12.1. The minimum absolute atomic E-state index is 0.0154. The lowest BCUT2D eigenvalue weighted by atomic mass is 9.77. The van der Waals surface area contributed by atoms with Gasteiger partial charge in [0.05, 0.1) is 12.0 Å². The molecule has 2 atom stereocenters. The summed E-state index contributed by atoms with van der Waals surface area (Å²) in [5.41, 5.74) is -1.05. The molecule has 0 spiro atoms. The number of hydrogen-bond donors (Lipinski definition) is 2. The molecule has 0 aromatic heterocycles. The molecule has 0 bridgehead atoms. The van der Waals surface area contributed by atoms with Gasteiger partial charge in [-0.3, -0.25) is 4.79 Å². The summed E-state index contributed by atoms with van der Waals surface area (Å²) >= 11 is 0. The maximum Gasteiger partial charge on any atom is 0.329 e. The fraction of sp³-hybridized carbons (Fsp3) is 0.857. The van der Waals surface area contributed by atoms with Crippen LogP contribution in [0.2, 0.25) is 0 Å². The molecule has 1 amide bonds. The molecule has 2 aliphatic rings. The second-order valence-electron chi connectivity index (χ2n) is 5.90. The maximum absolute atomic E-state index is 12.1. The molecule has 2 fully saturated rings. The Balaban J connectivity index is 1.94. The lowest BCUT2D eigenvalue weighted by molar-refractivity contribution is -0.150. The van der Waals surface area contributed by atoms with Gasteiger partial charge in [-0.1, -0.05) is 6.92 Å². The third-order valence-corrected chi connectivity index (χ3v) is 4.35. The Morgan fingerprint density at radius 3 is 2.53 bits per heavy atom. The van der Waals surface area contributed by atoms with Crippen LogP contribution >= 0.6 is 0 Å². The van der Waals surface area contributed by atoms with E-state index in [0.29, 0.717) is 31.8 Å². The second kappa shape index (κ2) is 5.49. The van der Waals surface area contributed by atoms with Crippen molar-refractivity contribution in [2.45, 2.75) is 57.6 Å². The number of rotatable bonds is 5. The van der Waals surface area contributed by atoms with E-state index < -0.39 is 11.5 Å². The van der Waals surface area contributed by atoms with Gasteiger partial charge in [-0.2, -0.15) is 0 Å². The van der Waals surface area contributed by atoms with Gasteiger partial charge >= 0.3 is 5.97 Å². The quantitative estimate of drug-likeness (QED) is 0.794. The van der Waals surface area contributed by atoms with Gasteiger partial charge in [-0.25, -0.2) is 4.79 Å². The summed E-state index contributed by atoms with van der Waals surface area (Å²) in [6, 6.07) is 0. The molecule has 0 aromatic rings.